The molecule has 0 bridgehead atoms. The SMILES string of the molecule is O=C1C(=O)N(Cc2cc(F)ccc2F)c2cc(Cl)ccc21. The predicted octanol–water partition coefficient (Wildman–Crippen LogP) is 3.35. The van der Waals surface area contributed by atoms with Crippen LogP contribution < -0.4 is 4.90 Å². The van der Waals surface area contributed by atoms with Gasteiger partial charge in [0.05, 0.1) is 17.8 Å². The number of carbonyl (C=O) groups is 2. The molecule has 0 fully saturated rings. The van der Waals surface area contributed by atoms with E-state index in [2.05, 4.69) is 0 Å². The highest BCUT2D eigenvalue weighted by Gasteiger charge is 2.36. The van der Waals surface area contributed by atoms with Crippen molar-refractivity contribution in [2.75, 3.05) is 4.90 Å². The Morgan fingerprint density at radius 3 is 2.57 bits per heavy atom. The Morgan fingerprint density at radius 1 is 1.05 bits per heavy atom. The van der Waals surface area contributed by atoms with E-state index in [4.69, 9.17) is 11.6 Å². The summed E-state index contributed by atoms with van der Waals surface area (Å²) >= 11 is 5.86. The van der Waals surface area contributed by atoms with Crippen molar-refractivity contribution in [3.8, 4) is 0 Å². The molecule has 1 heterocycles. The van der Waals surface area contributed by atoms with Gasteiger partial charge in [0.1, 0.15) is 11.6 Å². The van der Waals surface area contributed by atoms with Gasteiger partial charge in [0.15, 0.2) is 0 Å². The lowest BCUT2D eigenvalue weighted by molar-refractivity contribution is -0.114. The van der Waals surface area contributed by atoms with E-state index in [1.165, 1.54) is 18.2 Å². The zero-order chi connectivity index (χ0) is 15.1. The van der Waals surface area contributed by atoms with Crippen LogP contribution >= 0.6 is 11.6 Å². The van der Waals surface area contributed by atoms with Gasteiger partial charge in [-0.2, -0.15) is 0 Å². The molecule has 0 saturated heterocycles. The van der Waals surface area contributed by atoms with Crippen molar-refractivity contribution in [3.63, 3.8) is 0 Å². The van der Waals surface area contributed by atoms with Gasteiger partial charge >= 0.3 is 0 Å². The van der Waals surface area contributed by atoms with Gasteiger partial charge in [-0.3, -0.25) is 9.59 Å². The van der Waals surface area contributed by atoms with Gasteiger partial charge in [-0.1, -0.05) is 11.6 Å². The molecule has 3 nitrogen and oxygen atoms in total. The molecule has 0 spiro atoms. The maximum absolute atomic E-state index is 13.7. The van der Waals surface area contributed by atoms with Gasteiger partial charge in [0.25, 0.3) is 11.7 Å². The van der Waals surface area contributed by atoms with Crippen molar-refractivity contribution < 1.29 is 18.4 Å². The van der Waals surface area contributed by atoms with Crippen LogP contribution in [0.3, 0.4) is 0 Å². The Hall–Kier alpha value is -2.27. The molecule has 1 aliphatic rings. The number of halogens is 3. The Kier molecular flexibility index (Phi) is 3.22. The highest BCUT2D eigenvalue weighted by atomic mass is 35.5. The topological polar surface area (TPSA) is 37.4 Å². The molecule has 0 unspecified atom stereocenters. The molecule has 0 aliphatic carbocycles. The van der Waals surface area contributed by atoms with Crippen LogP contribution in [0.5, 0.6) is 0 Å². The molecule has 0 atom stereocenters. The van der Waals surface area contributed by atoms with Crippen molar-refractivity contribution in [2.45, 2.75) is 6.54 Å². The molecule has 6 heteroatoms. The third kappa shape index (κ3) is 2.29. The van der Waals surface area contributed by atoms with E-state index in [1.54, 1.807) is 0 Å². The van der Waals surface area contributed by atoms with Gasteiger partial charge in [0.2, 0.25) is 0 Å². The van der Waals surface area contributed by atoms with E-state index in [0.29, 0.717) is 10.7 Å². The summed E-state index contributed by atoms with van der Waals surface area (Å²) in [6.07, 6.45) is 0. The largest absolute Gasteiger partial charge is 0.300 e. The van der Waals surface area contributed by atoms with Crippen molar-refractivity contribution in [1.29, 1.82) is 0 Å². The number of fused-ring (bicyclic) bond motifs is 1. The molecule has 106 valence electrons. The van der Waals surface area contributed by atoms with Crippen LogP contribution in [-0.2, 0) is 11.3 Å². The van der Waals surface area contributed by atoms with E-state index in [9.17, 15) is 18.4 Å². The third-order valence-corrected chi connectivity index (χ3v) is 3.51. The van der Waals surface area contributed by atoms with Crippen LogP contribution in [0.15, 0.2) is 36.4 Å². The summed E-state index contributed by atoms with van der Waals surface area (Å²) in [4.78, 5) is 24.9. The van der Waals surface area contributed by atoms with Crippen LogP contribution in [0.4, 0.5) is 14.5 Å². The average molecular weight is 308 g/mol. The highest BCUT2D eigenvalue weighted by Crippen LogP contribution is 2.33. The highest BCUT2D eigenvalue weighted by molar-refractivity contribution is 6.52. The first-order chi connectivity index (χ1) is 9.97. The van der Waals surface area contributed by atoms with Gasteiger partial charge in [-0.15, -0.1) is 0 Å². The summed E-state index contributed by atoms with van der Waals surface area (Å²) in [6, 6.07) is 7.36. The molecule has 0 radical (unpaired) electrons. The van der Waals surface area contributed by atoms with E-state index in [1.807, 2.05) is 0 Å². The first-order valence-electron chi connectivity index (χ1n) is 6.07. The van der Waals surface area contributed by atoms with Crippen LogP contribution in [-0.4, -0.2) is 11.7 Å². The Morgan fingerprint density at radius 2 is 1.81 bits per heavy atom. The lowest BCUT2D eigenvalue weighted by Gasteiger charge is -2.17. The predicted molar refractivity (Wildman–Crippen MR) is 73.3 cm³/mol. The standard InChI is InChI=1S/C15H8ClF2NO2/c16-9-1-3-11-13(6-9)19(15(21)14(11)20)7-8-5-10(17)2-4-12(8)18/h1-6H,7H2. The second kappa shape index (κ2) is 4.93. The summed E-state index contributed by atoms with van der Waals surface area (Å²) in [6.45, 7) is -0.235. The van der Waals surface area contributed by atoms with Crippen LogP contribution in [0.25, 0.3) is 0 Å². The number of hydrogen-bond acceptors (Lipinski definition) is 2. The minimum absolute atomic E-state index is 0.0102. The van der Waals surface area contributed by atoms with Crippen molar-refractivity contribution in [2.24, 2.45) is 0 Å². The lowest BCUT2D eigenvalue weighted by atomic mass is 10.1. The average Bonchev–Trinajstić information content (AvgIpc) is 2.67. The molecule has 2 aromatic rings. The van der Waals surface area contributed by atoms with E-state index in [-0.39, 0.29) is 17.7 Å². The van der Waals surface area contributed by atoms with Crippen LogP contribution in [0.2, 0.25) is 5.02 Å². The second-order valence-corrected chi connectivity index (χ2v) is 5.05. The number of hydrogen-bond donors (Lipinski definition) is 0. The number of ketones is 1. The Balaban J connectivity index is 2.04. The number of amides is 1. The number of Topliss-reactive ketones (excluding diaryl/α,β-unsaturated/α-hetero) is 1. The van der Waals surface area contributed by atoms with Crippen molar-refractivity contribution in [3.05, 3.63) is 64.2 Å². The molecule has 1 amide bonds. The molecular formula is C15H8ClF2NO2. The normalized spacial score (nSPS) is 13.8. The summed E-state index contributed by atoms with van der Waals surface area (Å²) in [5.74, 6) is -2.72. The molecule has 0 aromatic heterocycles. The number of anilines is 1. The second-order valence-electron chi connectivity index (χ2n) is 4.62. The van der Waals surface area contributed by atoms with E-state index >= 15 is 0 Å². The molecule has 2 aromatic carbocycles. The monoisotopic (exact) mass is 307 g/mol. The smallest absolute Gasteiger partial charge is 0.299 e. The van der Waals surface area contributed by atoms with Crippen LogP contribution in [0, 0.1) is 11.6 Å². The molecule has 21 heavy (non-hydrogen) atoms. The maximum atomic E-state index is 13.7. The van der Waals surface area contributed by atoms with Gasteiger partial charge in [-0.05, 0) is 36.4 Å². The number of benzene rings is 2. The first-order valence-corrected chi connectivity index (χ1v) is 6.45. The summed E-state index contributed by atoms with van der Waals surface area (Å²) in [5.41, 5.74) is 0.506. The molecular weight excluding hydrogens is 300 g/mol. The molecule has 0 saturated carbocycles. The van der Waals surface area contributed by atoms with Crippen molar-refractivity contribution >= 4 is 29.0 Å². The van der Waals surface area contributed by atoms with Gasteiger partial charge in [-0.25, -0.2) is 8.78 Å². The Bertz CT molecular complexity index is 776. The fourth-order valence-electron chi connectivity index (χ4n) is 2.26. The number of rotatable bonds is 2. The van der Waals surface area contributed by atoms with E-state index in [0.717, 1.165) is 23.1 Å². The minimum atomic E-state index is -0.782. The third-order valence-electron chi connectivity index (χ3n) is 3.27. The quantitative estimate of drug-likeness (QED) is 0.798. The molecule has 1 aliphatic heterocycles. The summed E-state index contributed by atoms with van der Waals surface area (Å²) in [7, 11) is 0. The molecule has 3 rings (SSSR count). The number of nitrogens with zero attached hydrogens (tertiary/aromatic N) is 1. The maximum Gasteiger partial charge on any atom is 0.299 e. The van der Waals surface area contributed by atoms with Gasteiger partial charge < -0.3 is 4.90 Å². The minimum Gasteiger partial charge on any atom is -0.300 e. The molecule has 0 N–H and O–H groups in total. The fraction of sp³-hybridized carbons (Fsp3) is 0.0667. The zero-order valence-electron chi connectivity index (χ0n) is 10.6. The van der Waals surface area contributed by atoms with Gasteiger partial charge in [0, 0.05) is 10.6 Å². The Labute approximate surface area is 123 Å². The van der Waals surface area contributed by atoms with E-state index < -0.39 is 23.3 Å². The number of carbonyl (C=O) groups excluding carboxylic acids is 2. The fourth-order valence-corrected chi connectivity index (χ4v) is 2.43. The van der Waals surface area contributed by atoms with Crippen LogP contribution in [0.1, 0.15) is 15.9 Å². The first kappa shape index (κ1) is 13.7. The summed E-state index contributed by atoms with van der Waals surface area (Å²) < 4.78 is 26.9. The lowest BCUT2D eigenvalue weighted by Crippen LogP contribution is -2.29. The van der Waals surface area contributed by atoms with Crippen molar-refractivity contribution in [1.82, 2.24) is 0 Å². The zero-order valence-corrected chi connectivity index (χ0v) is 11.3. The summed E-state index contributed by atoms with van der Waals surface area (Å²) in [5, 5.41) is 0.348.